The number of hydrogen-bond donors (Lipinski definition) is 0. The molecule has 0 radical (unpaired) electrons. The standard InChI is InChI=1S/C44H26N4/c45-27-29-17-21-31(22-18-29)37-25-43(47-39-13-5-1-9-33(39)34-10-2-6-14-40(34)47)44(26-38(37)32-23-19-30(28-46)20-24-32)48-41-15-7-3-11-35(41)36-12-4-8-16-42(36)48/h1-26H. The Morgan fingerprint density at radius 2 is 0.646 bits per heavy atom. The molecule has 0 saturated heterocycles. The number of hydrogen-bond acceptors (Lipinski definition) is 2. The molecule has 0 spiro atoms. The van der Waals surface area contributed by atoms with E-state index in [1.807, 2.05) is 48.5 Å². The van der Waals surface area contributed by atoms with Crippen LogP contribution in [0.5, 0.6) is 0 Å². The van der Waals surface area contributed by atoms with Crippen LogP contribution in [-0.4, -0.2) is 9.13 Å². The Kier molecular flexibility index (Phi) is 6.22. The van der Waals surface area contributed by atoms with Gasteiger partial charge in [0.1, 0.15) is 0 Å². The second kappa shape index (κ2) is 10.9. The molecule has 9 rings (SSSR count). The zero-order valence-electron chi connectivity index (χ0n) is 25.8. The van der Waals surface area contributed by atoms with Gasteiger partial charge >= 0.3 is 0 Å². The van der Waals surface area contributed by atoms with E-state index in [-0.39, 0.29) is 0 Å². The van der Waals surface area contributed by atoms with Gasteiger partial charge in [0.15, 0.2) is 0 Å². The minimum Gasteiger partial charge on any atom is -0.307 e. The van der Waals surface area contributed by atoms with E-state index < -0.39 is 0 Å². The molecule has 2 aromatic heterocycles. The monoisotopic (exact) mass is 610 g/mol. The summed E-state index contributed by atoms with van der Waals surface area (Å²) in [6, 6.07) is 59.1. The van der Waals surface area contributed by atoms with Gasteiger partial charge < -0.3 is 9.13 Å². The Morgan fingerprint density at radius 1 is 0.354 bits per heavy atom. The van der Waals surface area contributed by atoms with Crippen molar-refractivity contribution < 1.29 is 0 Å². The average Bonchev–Trinajstić information content (AvgIpc) is 3.67. The van der Waals surface area contributed by atoms with Gasteiger partial charge in [-0.25, -0.2) is 0 Å². The number of benzene rings is 7. The van der Waals surface area contributed by atoms with Crippen LogP contribution in [0.1, 0.15) is 11.1 Å². The molecule has 222 valence electrons. The Labute approximate surface area is 277 Å². The number of aromatic nitrogens is 2. The van der Waals surface area contributed by atoms with E-state index in [1.54, 1.807) is 0 Å². The summed E-state index contributed by atoms with van der Waals surface area (Å²) in [5.74, 6) is 0. The minimum absolute atomic E-state index is 0.614. The highest BCUT2D eigenvalue weighted by atomic mass is 15.1. The largest absolute Gasteiger partial charge is 0.307 e. The van der Waals surface area contributed by atoms with Crippen LogP contribution < -0.4 is 0 Å². The number of nitriles is 2. The SMILES string of the molecule is N#Cc1ccc(-c2cc(-n3c4ccccc4c4ccccc43)c(-n3c4ccccc4c4ccccc43)cc2-c2ccc(C#N)cc2)cc1. The van der Waals surface area contributed by atoms with Crippen LogP contribution in [0, 0.1) is 22.7 Å². The summed E-state index contributed by atoms with van der Waals surface area (Å²) in [6.07, 6.45) is 0. The van der Waals surface area contributed by atoms with E-state index in [1.165, 1.54) is 21.5 Å². The molecule has 0 aliphatic heterocycles. The summed E-state index contributed by atoms with van der Waals surface area (Å²) >= 11 is 0. The van der Waals surface area contributed by atoms with Crippen molar-refractivity contribution >= 4 is 43.6 Å². The first kappa shape index (κ1) is 27.4. The van der Waals surface area contributed by atoms with Crippen LogP contribution in [0.15, 0.2) is 158 Å². The quantitative estimate of drug-likeness (QED) is 0.199. The van der Waals surface area contributed by atoms with Crippen LogP contribution in [0.25, 0.3) is 77.2 Å². The van der Waals surface area contributed by atoms with Gasteiger partial charge in [-0.15, -0.1) is 0 Å². The fourth-order valence-electron chi connectivity index (χ4n) is 7.23. The Balaban J connectivity index is 1.48. The van der Waals surface area contributed by atoms with Gasteiger partial charge in [-0.3, -0.25) is 0 Å². The second-order valence-corrected chi connectivity index (χ2v) is 12.0. The molecule has 0 saturated carbocycles. The molecule has 0 atom stereocenters. The third-order valence-corrected chi connectivity index (χ3v) is 9.41. The van der Waals surface area contributed by atoms with Gasteiger partial charge in [0.25, 0.3) is 0 Å². The summed E-state index contributed by atoms with van der Waals surface area (Å²) in [6.45, 7) is 0. The summed E-state index contributed by atoms with van der Waals surface area (Å²) < 4.78 is 4.78. The molecule has 48 heavy (non-hydrogen) atoms. The fraction of sp³-hybridized carbons (Fsp3) is 0. The normalized spacial score (nSPS) is 11.3. The van der Waals surface area contributed by atoms with Crippen molar-refractivity contribution in [2.24, 2.45) is 0 Å². The second-order valence-electron chi connectivity index (χ2n) is 12.0. The fourth-order valence-corrected chi connectivity index (χ4v) is 7.23. The van der Waals surface area contributed by atoms with E-state index in [4.69, 9.17) is 0 Å². The van der Waals surface area contributed by atoms with Gasteiger partial charge in [0.2, 0.25) is 0 Å². The number of rotatable bonds is 4. The smallest absolute Gasteiger partial charge is 0.0991 e. The van der Waals surface area contributed by atoms with E-state index in [9.17, 15) is 10.5 Å². The molecule has 9 aromatic rings. The molecule has 0 amide bonds. The van der Waals surface area contributed by atoms with Crippen molar-refractivity contribution in [3.05, 3.63) is 169 Å². The minimum atomic E-state index is 0.614. The summed E-state index contributed by atoms with van der Waals surface area (Å²) in [5, 5.41) is 23.9. The summed E-state index contributed by atoms with van der Waals surface area (Å²) in [7, 11) is 0. The van der Waals surface area contributed by atoms with Crippen molar-refractivity contribution in [3.63, 3.8) is 0 Å². The maximum absolute atomic E-state index is 9.58. The lowest BCUT2D eigenvalue weighted by molar-refractivity contribution is 1.10. The number of para-hydroxylation sites is 4. The molecule has 7 aromatic carbocycles. The average molecular weight is 611 g/mol. The topological polar surface area (TPSA) is 57.4 Å². The lowest BCUT2D eigenvalue weighted by Crippen LogP contribution is -2.05. The maximum atomic E-state index is 9.58. The van der Waals surface area contributed by atoms with E-state index in [0.29, 0.717) is 11.1 Å². The molecular formula is C44H26N4. The first-order valence-electron chi connectivity index (χ1n) is 15.9. The highest BCUT2D eigenvalue weighted by Crippen LogP contribution is 2.43. The van der Waals surface area contributed by atoms with Crippen LogP contribution >= 0.6 is 0 Å². The first-order valence-corrected chi connectivity index (χ1v) is 15.9. The van der Waals surface area contributed by atoms with Gasteiger partial charge in [-0.05, 0) is 82.9 Å². The third-order valence-electron chi connectivity index (χ3n) is 9.41. The molecule has 2 heterocycles. The van der Waals surface area contributed by atoms with Gasteiger partial charge in [0.05, 0.1) is 56.7 Å². The molecular weight excluding hydrogens is 585 g/mol. The van der Waals surface area contributed by atoms with Crippen LogP contribution in [0.2, 0.25) is 0 Å². The van der Waals surface area contributed by atoms with E-state index in [2.05, 4.69) is 130 Å². The predicted octanol–water partition coefficient (Wildman–Crippen LogP) is 11.0. The van der Waals surface area contributed by atoms with Crippen LogP contribution in [0.4, 0.5) is 0 Å². The van der Waals surface area contributed by atoms with Crippen molar-refractivity contribution in [1.29, 1.82) is 10.5 Å². The number of nitrogens with zero attached hydrogens (tertiary/aromatic N) is 4. The molecule has 4 heteroatoms. The van der Waals surface area contributed by atoms with Crippen molar-refractivity contribution in [2.45, 2.75) is 0 Å². The lowest BCUT2D eigenvalue weighted by Gasteiger charge is -2.21. The maximum Gasteiger partial charge on any atom is 0.0991 e. The highest BCUT2D eigenvalue weighted by Gasteiger charge is 2.22. The molecule has 0 aliphatic carbocycles. The summed E-state index contributed by atoms with van der Waals surface area (Å²) in [4.78, 5) is 0. The predicted molar refractivity (Wildman–Crippen MR) is 195 cm³/mol. The van der Waals surface area contributed by atoms with Crippen molar-refractivity contribution in [2.75, 3.05) is 0 Å². The highest BCUT2D eigenvalue weighted by molar-refractivity contribution is 6.12. The van der Waals surface area contributed by atoms with Crippen LogP contribution in [-0.2, 0) is 0 Å². The van der Waals surface area contributed by atoms with Gasteiger partial charge in [0, 0.05) is 21.5 Å². The van der Waals surface area contributed by atoms with Gasteiger partial charge in [-0.1, -0.05) is 97.1 Å². The van der Waals surface area contributed by atoms with Crippen molar-refractivity contribution in [1.82, 2.24) is 9.13 Å². The zero-order chi connectivity index (χ0) is 32.2. The Bertz CT molecular complexity index is 2480. The first-order chi connectivity index (χ1) is 23.7. The Morgan fingerprint density at radius 3 is 0.938 bits per heavy atom. The van der Waals surface area contributed by atoms with Gasteiger partial charge in [-0.2, -0.15) is 10.5 Å². The van der Waals surface area contributed by atoms with Crippen molar-refractivity contribution in [3.8, 4) is 45.8 Å². The molecule has 0 aliphatic rings. The number of fused-ring (bicyclic) bond motifs is 6. The summed E-state index contributed by atoms with van der Waals surface area (Å²) in [5.41, 5.74) is 11.9. The van der Waals surface area contributed by atoms with E-state index >= 15 is 0 Å². The Hall–Kier alpha value is -6.88. The third kappa shape index (κ3) is 4.14. The zero-order valence-corrected chi connectivity index (χ0v) is 25.8. The molecule has 0 fully saturated rings. The molecule has 0 bridgehead atoms. The molecule has 0 N–H and O–H groups in total. The van der Waals surface area contributed by atoms with Crippen LogP contribution in [0.3, 0.4) is 0 Å². The lowest BCUT2D eigenvalue weighted by atomic mass is 9.92. The molecule has 4 nitrogen and oxygen atoms in total. The van der Waals surface area contributed by atoms with E-state index in [0.717, 1.165) is 55.7 Å². The molecule has 0 unspecified atom stereocenters.